The monoisotopic (exact) mass is 281 g/mol. The fraction of sp³-hybridized carbons (Fsp3) is 0.571. The lowest BCUT2D eigenvalue weighted by molar-refractivity contribution is -0.0587. The first-order valence-electron chi connectivity index (χ1n) is 6.86. The molecule has 2 atom stereocenters. The lowest BCUT2D eigenvalue weighted by Crippen LogP contribution is -2.48. The Labute approximate surface area is 118 Å². The fourth-order valence-corrected chi connectivity index (χ4v) is 2.41. The van der Waals surface area contributed by atoms with Gasteiger partial charge in [-0.1, -0.05) is 0 Å². The number of nitrogens with zero attached hydrogens (tertiary/aromatic N) is 2. The van der Waals surface area contributed by atoms with Crippen molar-refractivity contribution in [1.82, 2.24) is 9.88 Å². The van der Waals surface area contributed by atoms with Crippen molar-refractivity contribution in [3.05, 3.63) is 23.6 Å². The molecule has 1 fully saturated rings. The summed E-state index contributed by atoms with van der Waals surface area (Å²) in [6, 6.07) is 1.42. The molecule has 1 aliphatic rings. The third-order valence-electron chi connectivity index (χ3n) is 3.17. The van der Waals surface area contributed by atoms with Gasteiger partial charge in [0.1, 0.15) is 0 Å². The Hall–Kier alpha value is -1.69. The number of pyridine rings is 1. The van der Waals surface area contributed by atoms with E-state index in [1.807, 2.05) is 20.8 Å². The van der Waals surface area contributed by atoms with Gasteiger partial charge in [0.15, 0.2) is 11.6 Å². The van der Waals surface area contributed by atoms with Crippen LogP contribution in [0.1, 0.15) is 31.1 Å². The number of carbonyl (C=O) groups is 1. The van der Waals surface area contributed by atoms with Gasteiger partial charge in [0.05, 0.1) is 17.8 Å². The molecule has 1 aromatic heterocycles. The highest BCUT2D eigenvalue weighted by molar-refractivity contribution is 5.95. The molecule has 0 bridgehead atoms. The zero-order valence-corrected chi connectivity index (χ0v) is 12.0. The fourth-order valence-electron chi connectivity index (χ4n) is 2.41. The van der Waals surface area contributed by atoms with E-state index < -0.39 is 5.82 Å². The van der Waals surface area contributed by atoms with Gasteiger partial charge in [0, 0.05) is 25.8 Å². The molecular weight excluding hydrogens is 261 g/mol. The van der Waals surface area contributed by atoms with E-state index >= 15 is 0 Å². The molecule has 2 rings (SSSR count). The second-order valence-electron chi connectivity index (χ2n) is 5.02. The maximum Gasteiger partial charge on any atom is 0.257 e. The molecule has 0 saturated carbocycles. The third-order valence-corrected chi connectivity index (χ3v) is 3.17. The zero-order valence-electron chi connectivity index (χ0n) is 12.0. The number of morpholine rings is 1. The maximum atomic E-state index is 14.3. The first-order chi connectivity index (χ1) is 9.52. The second kappa shape index (κ2) is 6.17. The summed E-state index contributed by atoms with van der Waals surface area (Å²) < 4.78 is 19.8. The molecule has 6 heteroatoms. The van der Waals surface area contributed by atoms with Crippen molar-refractivity contribution in [3.63, 3.8) is 0 Å². The number of aromatic nitrogens is 1. The predicted octanol–water partition coefficient (Wildman–Crippen LogP) is 1.90. The number of rotatable bonds is 3. The lowest BCUT2D eigenvalue weighted by Gasteiger charge is -2.35. The Bertz CT molecular complexity index is 485. The van der Waals surface area contributed by atoms with Gasteiger partial charge in [0.25, 0.3) is 5.91 Å². The van der Waals surface area contributed by atoms with Crippen molar-refractivity contribution in [2.24, 2.45) is 0 Å². The minimum Gasteiger partial charge on any atom is -0.372 e. The van der Waals surface area contributed by atoms with Crippen LogP contribution < -0.4 is 5.32 Å². The summed E-state index contributed by atoms with van der Waals surface area (Å²) >= 11 is 0. The summed E-state index contributed by atoms with van der Waals surface area (Å²) in [5, 5.41) is 2.81. The van der Waals surface area contributed by atoms with Crippen molar-refractivity contribution >= 4 is 11.7 Å². The third kappa shape index (κ3) is 3.07. The summed E-state index contributed by atoms with van der Waals surface area (Å²) in [4.78, 5) is 18.0. The molecule has 1 aliphatic heterocycles. The van der Waals surface area contributed by atoms with E-state index in [1.165, 1.54) is 12.3 Å². The topological polar surface area (TPSA) is 54.5 Å². The van der Waals surface area contributed by atoms with Crippen LogP contribution in [0.25, 0.3) is 0 Å². The molecule has 2 heterocycles. The van der Waals surface area contributed by atoms with Crippen LogP contribution >= 0.6 is 0 Å². The van der Waals surface area contributed by atoms with Crippen LogP contribution in [-0.4, -0.2) is 47.6 Å². The summed E-state index contributed by atoms with van der Waals surface area (Å²) in [5.74, 6) is -0.787. The standard InChI is InChI=1S/C14H20FN3O2/c1-4-16-13-12(15)11(5-6-17-13)14(19)18-7-9(2)20-10(3)8-18/h5-6,9-10H,4,7-8H2,1-3H3,(H,16,17)/t9-,10+. The molecule has 1 N–H and O–H groups in total. The number of hydrogen-bond acceptors (Lipinski definition) is 4. The number of halogens is 1. The molecule has 0 radical (unpaired) electrons. The molecule has 0 unspecified atom stereocenters. The molecule has 1 aromatic rings. The molecular formula is C14H20FN3O2. The van der Waals surface area contributed by atoms with E-state index in [9.17, 15) is 9.18 Å². The summed E-state index contributed by atoms with van der Waals surface area (Å²) in [5.41, 5.74) is 0.0530. The van der Waals surface area contributed by atoms with Gasteiger partial charge in [-0.05, 0) is 26.8 Å². The largest absolute Gasteiger partial charge is 0.372 e. The van der Waals surface area contributed by atoms with E-state index in [4.69, 9.17) is 4.74 Å². The Morgan fingerprint density at radius 3 is 2.75 bits per heavy atom. The van der Waals surface area contributed by atoms with Gasteiger partial charge >= 0.3 is 0 Å². The van der Waals surface area contributed by atoms with Gasteiger partial charge in [0.2, 0.25) is 0 Å². The number of carbonyl (C=O) groups excluding carboxylic acids is 1. The average Bonchev–Trinajstić information content (AvgIpc) is 2.39. The van der Waals surface area contributed by atoms with Crippen LogP contribution in [0, 0.1) is 5.82 Å². The Morgan fingerprint density at radius 1 is 1.50 bits per heavy atom. The number of nitrogens with one attached hydrogen (secondary N) is 1. The minimum atomic E-state index is -0.592. The van der Waals surface area contributed by atoms with E-state index in [2.05, 4.69) is 10.3 Å². The SMILES string of the molecule is CCNc1nccc(C(=O)N2C[C@@H](C)O[C@@H](C)C2)c1F. The van der Waals surface area contributed by atoms with Gasteiger partial charge in [-0.15, -0.1) is 0 Å². The van der Waals surface area contributed by atoms with Crippen LogP contribution in [0.2, 0.25) is 0 Å². The van der Waals surface area contributed by atoms with Gasteiger partial charge in [-0.25, -0.2) is 9.37 Å². The van der Waals surface area contributed by atoms with E-state index in [0.29, 0.717) is 19.6 Å². The Balaban J connectivity index is 2.22. The average molecular weight is 281 g/mol. The number of hydrogen-bond donors (Lipinski definition) is 1. The summed E-state index contributed by atoms with van der Waals surface area (Å²) in [6.45, 7) is 7.16. The van der Waals surface area contributed by atoms with E-state index in [1.54, 1.807) is 4.90 Å². The highest BCUT2D eigenvalue weighted by Gasteiger charge is 2.28. The molecule has 110 valence electrons. The zero-order chi connectivity index (χ0) is 14.7. The van der Waals surface area contributed by atoms with Crippen LogP contribution in [0.15, 0.2) is 12.3 Å². The maximum absolute atomic E-state index is 14.3. The number of amides is 1. The molecule has 1 saturated heterocycles. The smallest absolute Gasteiger partial charge is 0.257 e. The van der Waals surface area contributed by atoms with Crippen LogP contribution in [0.3, 0.4) is 0 Å². The molecule has 0 aromatic carbocycles. The number of anilines is 1. The second-order valence-corrected chi connectivity index (χ2v) is 5.02. The summed E-state index contributed by atoms with van der Waals surface area (Å²) in [7, 11) is 0. The van der Waals surface area contributed by atoms with Crippen LogP contribution in [0.4, 0.5) is 10.2 Å². The normalized spacial score (nSPS) is 22.7. The van der Waals surface area contributed by atoms with Gasteiger partial charge < -0.3 is 15.0 Å². The first kappa shape index (κ1) is 14.7. The lowest BCUT2D eigenvalue weighted by atomic mass is 10.1. The van der Waals surface area contributed by atoms with Crippen molar-refractivity contribution in [2.75, 3.05) is 25.0 Å². The molecule has 1 amide bonds. The molecule has 5 nitrogen and oxygen atoms in total. The predicted molar refractivity (Wildman–Crippen MR) is 74.3 cm³/mol. The summed E-state index contributed by atoms with van der Waals surface area (Å²) in [6.07, 6.45) is 1.36. The van der Waals surface area contributed by atoms with Gasteiger partial charge in [-0.2, -0.15) is 0 Å². The van der Waals surface area contributed by atoms with Crippen molar-refractivity contribution in [2.45, 2.75) is 33.0 Å². The number of ether oxygens (including phenoxy) is 1. The van der Waals surface area contributed by atoms with Gasteiger partial charge in [-0.3, -0.25) is 4.79 Å². The van der Waals surface area contributed by atoms with Crippen LogP contribution in [-0.2, 0) is 4.74 Å². The van der Waals surface area contributed by atoms with E-state index in [0.717, 1.165) is 0 Å². The minimum absolute atomic E-state index is 0.0409. The highest BCUT2D eigenvalue weighted by Crippen LogP contribution is 2.19. The van der Waals surface area contributed by atoms with Crippen molar-refractivity contribution < 1.29 is 13.9 Å². The van der Waals surface area contributed by atoms with E-state index in [-0.39, 0.29) is 29.5 Å². The molecule has 0 spiro atoms. The highest BCUT2D eigenvalue weighted by atomic mass is 19.1. The van der Waals surface area contributed by atoms with Crippen molar-refractivity contribution in [1.29, 1.82) is 0 Å². The van der Waals surface area contributed by atoms with Crippen molar-refractivity contribution in [3.8, 4) is 0 Å². The van der Waals surface area contributed by atoms with Crippen LogP contribution in [0.5, 0.6) is 0 Å². The Morgan fingerprint density at radius 2 is 2.15 bits per heavy atom. The molecule has 20 heavy (non-hydrogen) atoms. The molecule has 0 aliphatic carbocycles. The first-order valence-corrected chi connectivity index (χ1v) is 6.86. The Kier molecular flexibility index (Phi) is 4.54. The quantitative estimate of drug-likeness (QED) is 0.919.